The maximum atomic E-state index is 10.8. The van der Waals surface area contributed by atoms with Crippen LogP contribution in [0.5, 0.6) is 0 Å². The lowest BCUT2D eigenvalue weighted by Gasteiger charge is -2.16. The Labute approximate surface area is 157 Å². The van der Waals surface area contributed by atoms with Gasteiger partial charge >= 0.3 is 10.4 Å². The molecule has 0 bridgehead atoms. The Hall–Kier alpha value is -0.130. The van der Waals surface area contributed by atoms with Gasteiger partial charge < -0.3 is 0 Å². The van der Waals surface area contributed by atoms with Gasteiger partial charge in [-0.2, -0.15) is 8.42 Å². The topological polar surface area (TPSA) is 63.6 Å². The van der Waals surface area contributed by atoms with Gasteiger partial charge in [-0.3, -0.25) is 4.55 Å². The average Bonchev–Trinajstić information content (AvgIpc) is 2.56. The van der Waals surface area contributed by atoms with E-state index < -0.39 is 10.4 Å². The monoisotopic (exact) mass is 378 g/mol. The summed E-state index contributed by atoms with van der Waals surface area (Å²) in [5, 5.41) is 0. The Morgan fingerprint density at radius 1 is 0.680 bits per heavy atom. The summed E-state index contributed by atoms with van der Waals surface area (Å²) < 4.78 is 35.1. The minimum absolute atomic E-state index is 0.129. The first-order chi connectivity index (χ1) is 12.0. The van der Waals surface area contributed by atoms with Gasteiger partial charge in [-0.15, -0.1) is 0 Å². The van der Waals surface area contributed by atoms with Gasteiger partial charge in [-0.05, 0) is 18.8 Å². The molecule has 0 radical (unpaired) electrons. The predicted octanol–water partition coefficient (Wildman–Crippen LogP) is 6.70. The summed E-state index contributed by atoms with van der Waals surface area (Å²) in [4.78, 5) is 0. The summed E-state index contributed by atoms with van der Waals surface area (Å²) in [6.45, 7) is 4.58. The van der Waals surface area contributed by atoms with Crippen LogP contribution in [0.25, 0.3) is 0 Å². The van der Waals surface area contributed by atoms with E-state index in [9.17, 15) is 8.42 Å². The molecule has 5 heteroatoms. The van der Waals surface area contributed by atoms with Crippen LogP contribution in [0.2, 0.25) is 0 Å². The van der Waals surface area contributed by atoms with Gasteiger partial charge in [0, 0.05) is 0 Å². The highest BCUT2D eigenvalue weighted by atomic mass is 32.3. The molecule has 4 nitrogen and oxygen atoms in total. The Morgan fingerprint density at radius 2 is 1.04 bits per heavy atom. The van der Waals surface area contributed by atoms with Crippen molar-refractivity contribution < 1.29 is 17.2 Å². The standard InChI is InChI=1S/C20H42O4S/c1-3-5-7-9-11-12-14-16-18-20(19-24-25(21,22)23)17-15-13-10-8-6-4-2/h20H,3-19H2,1-2H3,(H,21,22,23). The Kier molecular flexibility index (Phi) is 17.2. The van der Waals surface area contributed by atoms with E-state index in [-0.39, 0.29) is 12.5 Å². The van der Waals surface area contributed by atoms with Crippen LogP contribution in [0.1, 0.15) is 117 Å². The summed E-state index contributed by atoms with van der Waals surface area (Å²) >= 11 is 0. The summed E-state index contributed by atoms with van der Waals surface area (Å²) in [5.74, 6) is 0.244. The lowest BCUT2D eigenvalue weighted by Crippen LogP contribution is -2.14. The summed E-state index contributed by atoms with van der Waals surface area (Å²) in [5.41, 5.74) is 0. The van der Waals surface area contributed by atoms with E-state index in [1.165, 1.54) is 77.0 Å². The maximum absolute atomic E-state index is 10.8. The van der Waals surface area contributed by atoms with Crippen molar-refractivity contribution in [1.29, 1.82) is 0 Å². The van der Waals surface area contributed by atoms with Gasteiger partial charge in [0.25, 0.3) is 0 Å². The van der Waals surface area contributed by atoms with Crippen LogP contribution >= 0.6 is 0 Å². The molecule has 0 aromatic carbocycles. The zero-order chi connectivity index (χ0) is 18.8. The van der Waals surface area contributed by atoms with Crippen molar-refractivity contribution >= 4 is 10.4 Å². The van der Waals surface area contributed by atoms with Crippen molar-refractivity contribution in [1.82, 2.24) is 0 Å². The Balaban J connectivity index is 3.85. The van der Waals surface area contributed by atoms with Crippen LogP contribution in [0.4, 0.5) is 0 Å². The van der Waals surface area contributed by atoms with Gasteiger partial charge in [-0.1, -0.05) is 104 Å². The number of hydrogen-bond donors (Lipinski definition) is 1. The van der Waals surface area contributed by atoms with E-state index in [0.29, 0.717) is 0 Å². The fraction of sp³-hybridized carbons (Fsp3) is 1.00. The molecule has 0 saturated heterocycles. The molecule has 1 N–H and O–H groups in total. The second-order valence-electron chi connectivity index (χ2n) is 7.40. The van der Waals surface area contributed by atoms with Gasteiger partial charge in [0.2, 0.25) is 0 Å². The van der Waals surface area contributed by atoms with Crippen molar-refractivity contribution in [2.45, 2.75) is 117 Å². The third-order valence-corrected chi connectivity index (χ3v) is 5.32. The molecule has 0 aliphatic heterocycles. The first-order valence-electron chi connectivity index (χ1n) is 10.6. The number of rotatable bonds is 19. The highest BCUT2D eigenvalue weighted by Crippen LogP contribution is 2.20. The molecule has 0 spiro atoms. The molecule has 0 aliphatic rings. The van der Waals surface area contributed by atoms with E-state index in [2.05, 4.69) is 18.0 Å². The highest BCUT2D eigenvalue weighted by Gasteiger charge is 2.13. The molecule has 25 heavy (non-hydrogen) atoms. The fourth-order valence-electron chi connectivity index (χ4n) is 3.27. The van der Waals surface area contributed by atoms with Crippen molar-refractivity contribution in [2.75, 3.05) is 6.61 Å². The zero-order valence-electron chi connectivity index (χ0n) is 16.7. The van der Waals surface area contributed by atoms with Crippen LogP contribution in [-0.2, 0) is 14.6 Å². The Morgan fingerprint density at radius 3 is 1.40 bits per heavy atom. The third-order valence-electron chi connectivity index (χ3n) is 4.88. The molecule has 0 amide bonds. The molecule has 0 heterocycles. The van der Waals surface area contributed by atoms with Crippen LogP contribution in [-0.4, -0.2) is 19.6 Å². The van der Waals surface area contributed by atoms with Crippen molar-refractivity contribution in [2.24, 2.45) is 5.92 Å². The van der Waals surface area contributed by atoms with Gasteiger partial charge in [0.1, 0.15) is 0 Å². The molecule has 0 aromatic rings. The van der Waals surface area contributed by atoms with Crippen molar-refractivity contribution in [3.8, 4) is 0 Å². The molecular weight excluding hydrogens is 336 g/mol. The van der Waals surface area contributed by atoms with Crippen molar-refractivity contribution in [3.63, 3.8) is 0 Å². The largest absolute Gasteiger partial charge is 0.397 e. The first kappa shape index (κ1) is 24.9. The molecule has 1 atom stereocenters. The Bertz CT molecular complexity index is 368. The zero-order valence-corrected chi connectivity index (χ0v) is 17.5. The molecule has 0 aliphatic carbocycles. The molecule has 152 valence electrons. The van der Waals surface area contributed by atoms with E-state index in [1.54, 1.807) is 0 Å². The SMILES string of the molecule is CCCCCCCCCCC(CCCCCCCC)COS(=O)(=O)O. The van der Waals surface area contributed by atoms with Crippen LogP contribution in [0.15, 0.2) is 0 Å². The summed E-state index contributed by atoms with van der Waals surface area (Å²) in [7, 11) is -4.31. The van der Waals surface area contributed by atoms with E-state index >= 15 is 0 Å². The van der Waals surface area contributed by atoms with Crippen LogP contribution in [0.3, 0.4) is 0 Å². The normalized spacial score (nSPS) is 13.2. The third kappa shape index (κ3) is 20.0. The number of unbranched alkanes of at least 4 members (excludes halogenated alkanes) is 12. The quantitative estimate of drug-likeness (QED) is 0.200. The van der Waals surface area contributed by atoms with Crippen molar-refractivity contribution in [3.05, 3.63) is 0 Å². The minimum atomic E-state index is -4.31. The molecular formula is C20H42O4S. The summed E-state index contributed by atoms with van der Waals surface area (Å²) in [6, 6.07) is 0. The molecule has 0 aromatic heterocycles. The first-order valence-corrected chi connectivity index (χ1v) is 12.0. The molecule has 1 unspecified atom stereocenters. The van der Waals surface area contributed by atoms with Gasteiger partial charge in [-0.25, -0.2) is 4.18 Å². The van der Waals surface area contributed by atoms with Crippen LogP contribution < -0.4 is 0 Å². The molecule has 0 rings (SSSR count). The van der Waals surface area contributed by atoms with Gasteiger partial charge in [0.15, 0.2) is 0 Å². The average molecular weight is 379 g/mol. The van der Waals surface area contributed by atoms with E-state index in [4.69, 9.17) is 4.55 Å². The highest BCUT2D eigenvalue weighted by molar-refractivity contribution is 7.80. The predicted molar refractivity (Wildman–Crippen MR) is 106 cm³/mol. The van der Waals surface area contributed by atoms with E-state index in [1.807, 2.05) is 0 Å². The second-order valence-corrected chi connectivity index (χ2v) is 8.49. The molecule has 0 fully saturated rings. The fourth-order valence-corrected chi connectivity index (χ4v) is 3.64. The lowest BCUT2D eigenvalue weighted by atomic mass is 9.95. The summed E-state index contributed by atoms with van der Waals surface area (Å²) in [6.07, 6.45) is 19.7. The second kappa shape index (κ2) is 17.3. The van der Waals surface area contributed by atoms with Gasteiger partial charge in [0.05, 0.1) is 6.61 Å². The molecule has 0 saturated carbocycles. The van der Waals surface area contributed by atoms with Crippen LogP contribution in [0, 0.1) is 5.92 Å². The smallest absolute Gasteiger partial charge is 0.264 e. The lowest BCUT2D eigenvalue weighted by molar-refractivity contribution is 0.204. The number of hydrogen-bond acceptors (Lipinski definition) is 3. The minimum Gasteiger partial charge on any atom is -0.264 e. The van der Waals surface area contributed by atoms with E-state index in [0.717, 1.165) is 25.7 Å². The maximum Gasteiger partial charge on any atom is 0.397 e.